The van der Waals surface area contributed by atoms with Crippen molar-refractivity contribution in [3.8, 4) is 6.07 Å². The molecule has 0 aliphatic heterocycles. The topological polar surface area (TPSA) is 53.8 Å². The normalized spacial score (nSPS) is 11.7. The van der Waals surface area contributed by atoms with E-state index in [2.05, 4.69) is 4.98 Å². The number of halogens is 3. The first-order chi connectivity index (χ1) is 9.54. The molecule has 1 aromatic carbocycles. The number of hydrogen-bond donors (Lipinski definition) is 0. The van der Waals surface area contributed by atoms with Crippen LogP contribution in [0.2, 0.25) is 0 Å². The quantitative estimate of drug-likeness (QED) is 0.639. The van der Waals surface area contributed by atoms with Gasteiger partial charge in [-0.25, -0.2) is 13.2 Å². The van der Waals surface area contributed by atoms with E-state index >= 15 is 0 Å². The van der Waals surface area contributed by atoms with Gasteiger partial charge >= 0.3 is 0 Å². The van der Waals surface area contributed by atoms with E-state index in [1.165, 1.54) is 12.3 Å². The first-order valence-corrected chi connectivity index (χ1v) is 5.54. The molecular formula is C14H7F3N2O. The zero-order chi connectivity index (χ0) is 14.7. The number of ketones is 1. The van der Waals surface area contributed by atoms with E-state index in [9.17, 15) is 18.0 Å². The smallest absolute Gasteiger partial charge is 0.194 e. The molecule has 0 saturated carbocycles. The second-order valence-electron chi connectivity index (χ2n) is 3.93. The molecule has 0 bridgehead atoms. The van der Waals surface area contributed by atoms with E-state index in [4.69, 9.17) is 5.26 Å². The Labute approximate surface area is 112 Å². The van der Waals surface area contributed by atoms with Crippen LogP contribution in [-0.4, -0.2) is 10.8 Å². The third-order valence-corrected chi connectivity index (χ3v) is 2.64. The van der Waals surface area contributed by atoms with Crippen LogP contribution >= 0.6 is 0 Å². The van der Waals surface area contributed by atoms with Crippen molar-refractivity contribution in [3.63, 3.8) is 0 Å². The van der Waals surface area contributed by atoms with Gasteiger partial charge < -0.3 is 0 Å². The number of aromatic nitrogens is 1. The lowest BCUT2D eigenvalue weighted by atomic mass is 9.95. The van der Waals surface area contributed by atoms with Crippen molar-refractivity contribution in [2.24, 2.45) is 0 Å². The summed E-state index contributed by atoms with van der Waals surface area (Å²) in [5, 5.41) is 9.03. The molecule has 0 N–H and O–H groups in total. The monoisotopic (exact) mass is 276 g/mol. The van der Waals surface area contributed by atoms with E-state index in [1.54, 1.807) is 18.2 Å². The predicted molar refractivity (Wildman–Crippen MR) is 63.2 cm³/mol. The molecule has 0 aliphatic rings. The fraction of sp³-hybridized carbons (Fsp3) is 0.0714. The Balaban J connectivity index is 2.43. The van der Waals surface area contributed by atoms with Gasteiger partial charge in [-0.2, -0.15) is 5.26 Å². The lowest BCUT2D eigenvalue weighted by Gasteiger charge is -2.08. The minimum Gasteiger partial charge on any atom is -0.292 e. The molecule has 1 atom stereocenters. The Morgan fingerprint density at radius 2 is 1.85 bits per heavy atom. The lowest BCUT2D eigenvalue weighted by Crippen LogP contribution is -2.13. The molecule has 0 aliphatic carbocycles. The number of nitriles is 1. The molecule has 0 radical (unpaired) electrons. The maximum atomic E-state index is 13.1. The van der Waals surface area contributed by atoms with Crippen molar-refractivity contribution in [1.82, 2.24) is 4.98 Å². The standard InChI is InChI=1S/C14H7F3N2O/c15-10-5-8(6-11(16)13(10)17)14(20)9(7-18)12-3-1-2-4-19-12/h1-6,9H. The zero-order valence-corrected chi connectivity index (χ0v) is 9.98. The molecule has 6 heteroatoms. The molecule has 0 saturated heterocycles. The summed E-state index contributed by atoms with van der Waals surface area (Å²) in [6.45, 7) is 0. The largest absolute Gasteiger partial charge is 0.292 e. The number of carbonyl (C=O) groups excluding carboxylic acids is 1. The van der Waals surface area contributed by atoms with Crippen molar-refractivity contribution in [2.45, 2.75) is 5.92 Å². The highest BCUT2D eigenvalue weighted by atomic mass is 19.2. The molecule has 0 amide bonds. The maximum absolute atomic E-state index is 13.1. The van der Waals surface area contributed by atoms with Crippen molar-refractivity contribution in [2.75, 3.05) is 0 Å². The number of carbonyl (C=O) groups is 1. The summed E-state index contributed by atoms with van der Waals surface area (Å²) in [6.07, 6.45) is 1.39. The van der Waals surface area contributed by atoms with Gasteiger partial charge in [0.25, 0.3) is 0 Å². The first-order valence-electron chi connectivity index (χ1n) is 5.54. The highest BCUT2D eigenvalue weighted by molar-refractivity contribution is 6.02. The van der Waals surface area contributed by atoms with Crippen LogP contribution in [0.15, 0.2) is 36.5 Å². The molecule has 2 aromatic rings. The van der Waals surface area contributed by atoms with Crippen LogP contribution in [0.4, 0.5) is 13.2 Å². The van der Waals surface area contributed by atoms with E-state index < -0.39 is 34.7 Å². The van der Waals surface area contributed by atoms with Gasteiger partial charge in [0.1, 0.15) is 0 Å². The van der Waals surface area contributed by atoms with Crippen LogP contribution in [0.5, 0.6) is 0 Å². The summed E-state index contributed by atoms with van der Waals surface area (Å²) in [6, 6.07) is 7.46. The summed E-state index contributed by atoms with van der Waals surface area (Å²) in [7, 11) is 0. The highest BCUT2D eigenvalue weighted by Gasteiger charge is 2.25. The predicted octanol–water partition coefficient (Wildman–Crippen LogP) is 2.99. The lowest BCUT2D eigenvalue weighted by molar-refractivity contribution is 0.0976. The van der Waals surface area contributed by atoms with Crippen LogP contribution in [0.25, 0.3) is 0 Å². The molecule has 1 heterocycles. The SMILES string of the molecule is N#CC(C(=O)c1cc(F)c(F)c(F)c1)c1ccccn1. The fourth-order valence-corrected chi connectivity index (χ4v) is 1.67. The van der Waals surface area contributed by atoms with Gasteiger partial charge in [0, 0.05) is 11.8 Å². The van der Waals surface area contributed by atoms with Gasteiger partial charge in [0.2, 0.25) is 0 Å². The summed E-state index contributed by atoms with van der Waals surface area (Å²) in [5.41, 5.74) is -0.260. The van der Waals surface area contributed by atoms with Crippen LogP contribution in [0, 0.1) is 28.8 Å². The minimum atomic E-state index is -1.66. The van der Waals surface area contributed by atoms with Gasteiger partial charge in [0.15, 0.2) is 29.2 Å². The van der Waals surface area contributed by atoms with Crippen molar-refractivity contribution in [1.29, 1.82) is 5.26 Å². The summed E-state index contributed by atoms with van der Waals surface area (Å²) >= 11 is 0. The van der Waals surface area contributed by atoms with Crippen LogP contribution < -0.4 is 0 Å². The van der Waals surface area contributed by atoms with Crippen molar-refractivity contribution in [3.05, 3.63) is 65.2 Å². The first kappa shape index (κ1) is 13.7. The zero-order valence-electron chi connectivity index (χ0n) is 9.98. The average molecular weight is 276 g/mol. The van der Waals surface area contributed by atoms with Gasteiger partial charge in [-0.05, 0) is 24.3 Å². The maximum Gasteiger partial charge on any atom is 0.194 e. The van der Waals surface area contributed by atoms with Crippen LogP contribution in [0.3, 0.4) is 0 Å². The highest BCUT2D eigenvalue weighted by Crippen LogP contribution is 2.21. The molecule has 1 aromatic heterocycles. The number of benzene rings is 1. The van der Waals surface area contributed by atoms with Gasteiger partial charge in [-0.1, -0.05) is 6.07 Å². The molecule has 0 fully saturated rings. The molecule has 20 heavy (non-hydrogen) atoms. The second kappa shape index (κ2) is 5.53. The number of Topliss-reactive ketones (excluding diaryl/α,β-unsaturated/α-hetero) is 1. The Hall–Kier alpha value is -2.68. The minimum absolute atomic E-state index is 0.158. The summed E-state index contributed by atoms with van der Waals surface area (Å²) in [5.74, 6) is -6.77. The van der Waals surface area contributed by atoms with E-state index in [0.29, 0.717) is 12.1 Å². The molecular weight excluding hydrogens is 269 g/mol. The van der Waals surface area contributed by atoms with Crippen molar-refractivity contribution >= 4 is 5.78 Å². The van der Waals surface area contributed by atoms with Gasteiger partial charge in [-0.15, -0.1) is 0 Å². The Bertz CT molecular complexity index is 672. The van der Waals surface area contributed by atoms with Crippen LogP contribution in [0.1, 0.15) is 22.0 Å². The van der Waals surface area contributed by atoms with Gasteiger partial charge in [-0.3, -0.25) is 9.78 Å². The Morgan fingerprint density at radius 3 is 2.35 bits per heavy atom. The van der Waals surface area contributed by atoms with E-state index in [1.807, 2.05) is 0 Å². The Morgan fingerprint density at radius 1 is 1.20 bits per heavy atom. The molecule has 3 nitrogen and oxygen atoms in total. The Kier molecular flexibility index (Phi) is 3.80. The van der Waals surface area contributed by atoms with E-state index in [-0.39, 0.29) is 5.69 Å². The third-order valence-electron chi connectivity index (χ3n) is 2.64. The summed E-state index contributed by atoms with van der Waals surface area (Å²) < 4.78 is 39.1. The summed E-state index contributed by atoms with van der Waals surface area (Å²) in [4.78, 5) is 15.9. The second-order valence-corrected chi connectivity index (χ2v) is 3.93. The van der Waals surface area contributed by atoms with Crippen molar-refractivity contribution < 1.29 is 18.0 Å². The fourth-order valence-electron chi connectivity index (χ4n) is 1.67. The number of pyridine rings is 1. The van der Waals surface area contributed by atoms with Gasteiger partial charge in [0.05, 0.1) is 11.8 Å². The molecule has 2 rings (SSSR count). The number of hydrogen-bond acceptors (Lipinski definition) is 3. The molecule has 100 valence electrons. The number of rotatable bonds is 3. The third kappa shape index (κ3) is 2.52. The molecule has 0 spiro atoms. The van der Waals surface area contributed by atoms with Crippen LogP contribution in [-0.2, 0) is 0 Å². The van der Waals surface area contributed by atoms with E-state index in [0.717, 1.165) is 0 Å². The molecule has 1 unspecified atom stereocenters. The average Bonchev–Trinajstić information content (AvgIpc) is 2.46. The number of nitrogens with zero attached hydrogens (tertiary/aromatic N) is 2.